The highest BCUT2D eigenvalue weighted by molar-refractivity contribution is 7.90. The van der Waals surface area contributed by atoms with Gasteiger partial charge in [0.15, 0.2) is 11.5 Å². The van der Waals surface area contributed by atoms with Crippen LogP contribution in [0, 0.1) is 5.82 Å². The zero-order chi connectivity index (χ0) is 19.3. The minimum absolute atomic E-state index is 0.0396. The van der Waals surface area contributed by atoms with Gasteiger partial charge >= 0.3 is 0 Å². The van der Waals surface area contributed by atoms with E-state index in [0.717, 1.165) is 18.2 Å². The Bertz CT molecular complexity index is 960. The molecule has 6 nitrogen and oxygen atoms in total. The molecule has 2 aromatic rings. The van der Waals surface area contributed by atoms with Crippen LogP contribution in [0.5, 0.6) is 11.5 Å². The number of carbonyl (C=O) groups excluding carboxylic acids is 1. The van der Waals surface area contributed by atoms with Crippen molar-refractivity contribution in [2.24, 2.45) is 0 Å². The number of para-hydroxylation sites is 1. The van der Waals surface area contributed by atoms with Gasteiger partial charge < -0.3 is 9.47 Å². The van der Waals surface area contributed by atoms with E-state index in [0.29, 0.717) is 17.1 Å². The van der Waals surface area contributed by atoms with Crippen molar-refractivity contribution in [2.45, 2.75) is 4.90 Å². The van der Waals surface area contributed by atoms with Gasteiger partial charge in [-0.15, -0.1) is 0 Å². The van der Waals surface area contributed by atoms with Crippen LogP contribution in [-0.4, -0.2) is 28.5 Å². The van der Waals surface area contributed by atoms with E-state index in [1.807, 2.05) is 0 Å². The number of hydrogen-bond donors (Lipinski definition) is 1. The van der Waals surface area contributed by atoms with Gasteiger partial charge in [-0.3, -0.25) is 4.79 Å². The summed E-state index contributed by atoms with van der Waals surface area (Å²) in [4.78, 5) is 11.3. The number of benzene rings is 2. The number of halogens is 2. The molecule has 0 fully saturated rings. The highest BCUT2D eigenvalue weighted by Crippen LogP contribution is 2.31. The molecule has 0 heterocycles. The zero-order valence-electron chi connectivity index (χ0n) is 13.8. The number of carbonyl (C=O) groups is 1. The van der Waals surface area contributed by atoms with E-state index in [2.05, 4.69) is 0 Å². The Labute approximate surface area is 155 Å². The summed E-state index contributed by atoms with van der Waals surface area (Å²) in [6.45, 7) is 0. The molecule has 0 aliphatic carbocycles. The van der Waals surface area contributed by atoms with Crippen LogP contribution in [0.1, 0.15) is 5.56 Å². The van der Waals surface area contributed by atoms with E-state index >= 15 is 0 Å². The molecule has 1 amide bonds. The lowest BCUT2D eigenvalue weighted by molar-refractivity contribution is -0.114. The highest BCUT2D eigenvalue weighted by Gasteiger charge is 2.21. The molecule has 0 radical (unpaired) electrons. The molecule has 0 saturated carbocycles. The van der Waals surface area contributed by atoms with Crippen molar-refractivity contribution < 1.29 is 27.1 Å². The van der Waals surface area contributed by atoms with Gasteiger partial charge in [0.2, 0.25) is 0 Å². The zero-order valence-corrected chi connectivity index (χ0v) is 15.4. The Morgan fingerprint density at radius 1 is 1.19 bits per heavy atom. The normalized spacial score (nSPS) is 11.4. The Morgan fingerprint density at radius 3 is 2.54 bits per heavy atom. The van der Waals surface area contributed by atoms with Crippen molar-refractivity contribution in [3.63, 3.8) is 0 Å². The minimum Gasteiger partial charge on any atom is -0.493 e. The molecule has 0 saturated heterocycles. The fourth-order valence-corrected chi connectivity index (χ4v) is 3.29. The Kier molecular flexibility index (Phi) is 6.23. The van der Waals surface area contributed by atoms with Gasteiger partial charge in [-0.25, -0.2) is 17.5 Å². The summed E-state index contributed by atoms with van der Waals surface area (Å²) in [6, 6.07) is 8.03. The van der Waals surface area contributed by atoms with Crippen molar-refractivity contribution in [1.82, 2.24) is 4.72 Å². The quantitative estimate of drug-likeness (QED) is 0.755. The topological polar surface area (TPSA) is 81.7 Å². The number of rotatable bonds is 6. The summed E-state index contributed by atoms with van der Waals surface area (Å²) in [5.41, 5.74) is 0.497. The largest absolute Gasteiger partial charge is 0.493 e. The SMILES string of the molecule is COc1cccc(C=CC(=O)NS(=O)(=O)c2ccc(Cl)cc2F)c1OC. The van der Waals surface area contributed by atoms with Crippen LogP contribution in [0.3, 0.4) is 0 Å². The lowest BCUT2D eigenvalue weighted by Gasteiger charge is -2.10. The predicted octanol–water partition coefficient (Wildman–Crippen LogP) is 3.01. The second kappa shape index (κ2) is 8.20. The maximum atomic E-state index is 13.8. The average molecular weight is 400 g/mol. The lowest BCUT2D eigenvalue weighted by atomic mass is 10.1. The number of nitrogens with one attached hydrogen (secondary N) is 1. The molecule has 26 heavy (non-hydrogen) atoms. The molecule has 1 N–H and O–H groups in total. The Hall–Kier alpha value is -2.58. The van der Waals surface area contributed by atoms with Gasteiger partial charge in [-0.2, -0.15) is 0 Å². The third kappa shape index (κ3) is 4.53. The molecule has 9 heteroatoms. The monoisotopic (exact) mass is 399 g/mol. The van der Waals surface area contributed by atoms with Gasteiger partial charge in [0.1, 0.15) is 10.7 Å². The maximum Gasteiger partial charge on any atom is 0.267 e. The first-order valence-electron chi connectivity index (χ1n) is 7.19. The third-order valence-corrected chi connectivity index (χ3v) is 4.88. The van der Waals surface area contributed by atoms with E-state index < -0.39 is 26.6 Å². The van der Waals surface area contributed by atoms with Crippen LogP contribution in [0.2, 0.25) is 5.02 Å². The molecule has 0 spiro atoms. The smallest absolute Gasteiger partial charge is 0.267 e. The van der Waals surface area contributed by atoms with Gasteiger partial charge in [-0.1, -0.05) is 23.7 Å². The number of hydrogen-bond acceptors (Lipinski definition) is 5. The number of methoxy groups -OCH3 is 2. The molecule has 2 aromatic carbocycles. The molecule has 0 aromatic heterocycles. The second-order valence-corrected chi connectivity index (χ2v) is 7.05. The first kappa shape index (κ1) is 19.7. The Morgan fingerprint density at radius 2 is 1.92 bits per heavy atom. The fraction of sp³-hybridized carbons (Fsp3) is 0.118. The Balaban J connectivity index is 2.22. The van der Waals surface area contributed by atoms with E-state index in [-0.39, 0.29) is 5.02 Å². The van der Waals surface area contributed by atoms with Crippen molar-refractivity contribution in [1.29, 1.82) is 0 Å². The molecule has 0 atom stereocenters. The molecule has 2 rings (SSSR count). The summed E-state index contributed by atoms with van der Waals surface area (Å²) >= 11 is 5.59. The molecule has 0 unspecified atom stereocenters. The van der Waals surface area contributed by atoms with Crippen molar-refractivity contribution in [3.8, 4) is 11.5 Å². The van der Waals surface area contributed by atoms with E-state index in [9.17, 15) is 17.6 Å². The van der Waals surface area contributed by atoms with Gasteiger partial charge in [0.05, 0.1) is 14.2 Å². The minimum atomic E-state index is -4.38. The number of amides is 1. The van der Waals surface area contributed by atoms with Crippen LogP contribution in [0.25, 0.3) is 6.08 Å². The van der Waals surface area contributed by atoms with Crippen molar-refractivity contribution in [3.05, 3.63) is 58.9 Å². The van der Waals surface area contributed by atoms with Gasteiger partial charge in [0, 0.05) is 16.7 Å². The van der Waals surface area contributed by atoms with Crippen LogP contribution < -0.4 is 14.2 Å². The summed E-state index contributed by atoms with van der Waals surface area (Å²) in [6.07, 6.45) is 2.34. The molecule has 138 valence electrons. The summed E-state index contributed by atoms with van der Waals surface area (Å²) in [5.74, 6) is -1.18. The van der Waals surface area contributed by atoms with Crippen LogP contribution >= 0.6 is 11.6 Å². The summed E-state index contributed by atoms with van der Waals surface area (Å²) in [7, 11) is -1.48. The van der Waals surface area contributed by atoms with E-state index in [4.69, 9.17) is 21.1 Å². The van der Waals surface area contributed by atoms with Gasteiger partial charge in [-0.05, 0) is 30.3 Å². The van der Waals surface area contributed by atoms with Crippen molar-refractivity contribution in [2.75, 3.05) is 14.2 Å². The lowest BCUT2D eigenvalue weighted by Crippen LogP contribution is -2.29. The molecule has 0 aliphatic rings. The third-order valence-electron chi connectivity index (χ3n) is 3.27. The van der Waals surface area contributed by atoms with E-state index in [1.165, 1.54) is 26.4 Å². The fourth-order valence-electron chi connectivity index (χ4n) is 2.12. The average Bonchev–Trinajstić information content (AvgIpc) is 2.58. The standard InChI is InChI=1S/C17H15ClFNO5S/c1-24-14-5-3-4-11(17(14)25-2)6-9-16(21)20-26(22,23)15-8-7-12(18)10-13(15)19/h3-10H,1-2H3,(H,20,21). The predicted molar refractivity (Wildman–Crippen MR) is 95.3 cm³/mol. The first-order valence-corrected chi connectivity index (χ1v) is 9.05. The highest BCUT2D eigenvalue weighted by atomic mass is 35.5. The van der Waals surface area contributed by atoms with Gasteiger partial charge in [0.25, 0.3) is 15.9 Å². The van der Waals surface area contributed by atoms with Crippen LogP contribution in [-0.2, 0) is 14.8 Å². The summed E-state index contributed by atoms with van der Waals surface area (Å²) < 4.78 is 50.1. The maximum absolute atomic E-state index is 13.8. The van der Waals surface area contributed by atoms with Crippen LogP contribution in [0.15, 0.2) is 47.4 Å². The van der Waals surface area contributed by atoms with E-state index in [1.54, 1.807) is 22.9 Å². The molecular weight excluding hydrogens is 385 g/mol. The molecular formula is C17H15ClFNO5S. The summed E-state index contributed by atoms with van der Waals surface area (Å²) in [5, 5.41) is 0.0396. The second-order valence-electron chi connectivity index (χ2n) is 4.96. The number of sulfonamides is 1. The molecule has 0 bridgehead atoms. The number of ether oxygens (including phenoxy) is 2. The van der Waals surface area contributed by atoms with Crippen molar-refractivity contribution >= 4 is 33.6 Å². The van der Waals surface area contributed by atoms with Crippen LogP contribution in [0.4, 0.5) is 4.39 Å². The molecule has 0 aliphatic heterocycles. The first-order chi connectivity index (χ1) is 12.3.